The lowest BCUT2D eigenvalue weighted by Crippen LogP contribution is -2.08. The van der Waals surface area contributed by atoms with Crippen LogP contribution in [0.4, 0.5) is 17.6 Å². The van der Waals surface area contributed by atoms with Gasteiger partial charge in [0.05, 0.1) is 5.56 Å². The van der Waals surface area contributed by atoms with Crippen LogP contribution in [0.1, 0.15) is 28.4 Å². The Balaban J connectivity index is 2.43. The van der Waals surface area contributed by atoms with Gasteiger partial charge in [0.1, 0.15) is 11.9 Å². The third-order valence-corrected chi connectivity index (χ3v) is 2.98. The van der Waals surface area contributed by atoms with E-state index in [0.29, 0.717) is 5.56 Å². The van der Waals surface area contributed by atoms with Crippen LogP contribution in [-0.4, -0.2) is 5.11 Å². The predicted molar refractivity (Wildman–Crippen MR) is 66.6 cm³/mol. The first-order valence-corrected chi connectivity index (χ1v) is 5.90. The number of aliphatic hydroxyl groups is 1. The molecule has 1 nitrogen and oxygen atoms in total. The van der Waals surface area contributed by atoms with Crippen molar-refractivity contribution in [3.8, 4) is 0 Å². The molecule has 2 aromatic rings. The summed E-state index contributed by atoms with van der Waals surface area (Å²) in [5.74, 6) is -0.652. The monoisotopic (exact) mass is 284 g/mol. The zero-order valence-electron chi connectivity index (χ0n) is 10.6. The Morgan fingerprint density at radius 3 is 2.40 bits per heavy atom. The molecule has 0 radical (unpaired) electrons. The Morgan fingerprint density at radius 1 is 1.05 bits per heavy atom. The van der Waals surface area contributed by atoms with E-state index >= 15 is 0 Å². The Morgan fingerprint density at radius 2 is 1.75 bits per heavy atom. The molecule has 0 spiro atoms. The molecule has 0 aliphatic carbocycles. The van der Waals surface area contributed by atoms with E-state index in [4.69, 9.17) is 0 Å². The molecule has 106 valence electrons. The molecule has 0 aromatic heterocycles. The number of rotatable bonds is 2. The van der Waals surface area contributed by atoms with Crippen LogP contribution in [0, 0.1) is 12.7 Å². The van der Waals surface area contributed by atoms with Crippen LogP contribution >= 0.6 is 0 Å². The normalized spacial score (nSPS) is 13.3. The molecule has 0 aliphatic heterocycles. The van der Waals surface area contributed by atoms with E-state index < -0.39 is 23.7 Å². The number of aliphatic hydroxyl groups excluding tert-OH is 1. The van der Waals surface area contributed by atoms with Gasteiger partial charge in [-0.3, -0.25) is 0 Å². The number of hydrogen-bond donors (Lipinski definition) is 1. The topological polar surface area (TPSA) is 20.2 Å². The molecule has 0 saturated heterocycles. The molecule has 0 amide bonds. The minimum Gasteiger partial charge on any atom is -0.384 e. The van der Waals surface area contributed by atoms with Gasteiger partial charge in [0.25, 0.3) is 0 Å². The fourth-order valence-electron chi connectivity index (χ4n) is 1.94. The SMILES string of the molecule is Cc1ccc(F)c(C(O)c2cccc(C(F)(F)F)c2)c1. The van der Waals surface area contributed by atoms with Crippen molar-refractivity contribution in [2.24, 2.45) is 0 Å². The van der Waals surface area contributed by atoms with Crippen molar-refractivity contribution in [1.29, 1.82) is 0 Å². The second-order valence-electron chi connectivity index (χ2n) is 4.55. The second kappa shape index (κ2) is 5.25. The predicted octanol–water partition coefficient (Wildman–Crippen LogP) is 4.23. The molecule has 0 heterocycles. The number of alkyl halides is 3. The highest BCUT2D eigenvalue weighted by atomic mass is 19.4. The lowest BCUT2D eigenvalue weighted by atomic mass is 9.98. The van der Waals surface area contributed by atoms with Gasteiger partial charge in [0.15, 0.2) is 0 Å². The van der Waals surface area contributed by atoms with Gasteiger partial charge in [-0.25, -0.2) is 4.39 Å². The van der Waals surface area contributed by atoms with Gasteiger partial charge in [-0.2, -0.15) is 13.2 Å². The van der Waals surface area contributed by atoms with Crippen LogP contribution in [0.25, 0.3) is 0 Å². The Bertz CT molecular complexity index is 620. The Kier molecular flexibility index (Phi) is 3.81. The number of aryl methyl sites for hydroxylation is 1. The standard InChI is InChI=1S/C15H12F4O/c1-9-5-6-13(16)12(7-9)14(20)10-3-2-4-11(8-10)15(17,18)19/h2-8,14,20H,1H3. The maximum absolute atomic E-state index is 13.7. The van der Waals surface area contributed by atoms with Crippen LogP contribution < -0.4 is 0 Å². The molecule has 20 heavy (non-hydrogen) atoms. The van der Waals surface area contributed by atoms with E-state index in [9.17, 15) is 22.7 Å². The largest absolute Gasteiger partial charge is 0.416 e. The van der Waals surface area contributed by atoms with Crippen molar-refractivity contribution in [3.63, 3.8) is 0 Å². The fourth-order valence-corrected chi connectivity index (χ4v) is 1.94. The maximum Gasteiger partial charge on any atom is 0.416 e. The number of halogens is 4. The van der Waals surface area contributed by atoms with E-state index in [-0.39, 0.29) is 11.1 Å². The lowest BCUT2D eigenvalue weighted by Gasteiger charge is -2.15. The van der Waals surface area contributed by atoms with Crippen molar-refractivity contribution in [3.05, 3.63) is 70.5 Å². The molecular weight excluding hydrogens is 272 g/mol. The van der Waals surface area contributed by atoms with Crippen molar-refractivity contribution in [2.45, 2.75) is 19.2 Å². The van der Waals surface area contributed by atoms with Crippen LogP contribution in [0.2, 0.25) is 0 Å². The molecule has 1 atom stereocenters. The number of benzene rings is 2. The summed E-state index contributed by atoms with van der Waals surface area (Å²) in [5, 5.41) is 10.1. The van der Waals surface area contributed by atoms with Crippen molar-refractivity contribution in [1.82, 2.24) is 0 Å². The molecule has 1 unspecified atom stereocenters. The van der Waals surface area contributed by atoms with E-state index in [1.54, 1.807) is 6.92 Å². The summed E-state index contributed by atoms with van der Waals surface area (Å²) in [6.45, 7) is 1.71. The summed E-state index contributed by atoms with van der Waals surface area (Å²) >= 11 is 0. The second-order valence-corrected chi connectivity index (χ2v) is 4.55. The van der Waals surface area contributed by atoms with Crippen LogP contribution in [-0.2, 0) is 6.18 Å². The molecule has 2 rings (SSSR count). The molecular formula is C15H12F4O. The quantitative estimate of drug-likeness (QED) is 0.818. The molecule has 1 N–H and O–H groups in total. The maximum atomic E-state index is 13.7. The average Bonchev–Trinajstić information content (AvgIpc) is 2.40. The Labute approximate surface area is 113 Å². The van der Waals surface area contributed by atoms with Gasteiger partial charge < -0.3 is 5.11 Å². The summed E-state index contributed by atoms with van der Waals surface area (Å²) in [4.78, 5) is 0. The Hall–Kier alpha value is -1.88. The van der Waals surface area contributed by atoms with Gasteiger partial charge in [-0.1, -0.05) is 29.8 Å². The fraction of sp³-hybridized carbons (Fsp3) is 0.200. The summed E-state index contributed by atoms with van der Waals surface area (Å²) in [6.07, 6.45) is -5.93. The van der Waals surface area contributed by atoms with Crippen LogP contribution in [0.15, 0.2) is 42.5 Å². The van der Waals surface area contributed by atoms with Gasteiger partial charge >= 0.3 is 6.18 Å². The molecule has 0 bridgehead atoms. The highest BCUT2D eigenvalue weighted by Crippen LogP contribution is 2.32. The van der Waals surface area contributed by atoms with Gasteiger partial charge in [-0.05, 0) is 30.7 Å². The smallest absolute Gasteiger partial charge is 0.384 e. The first kappa shape index (κ1) is 14.5. The van der Waals surface area contributed by atoms with E-state index in [0.717, 1.165) is 12.1 Å². The first-order chi connectivity index (χ1) is 9.29. The minimum atomic E-state index is -4.50. The van der Waals surface area contributed by atoms with Crippen LogP contribution in [0.5, 0.6) is 0 Å². The third-order valence-electron chi connectivity index (χ3n) is 2.98. The summed E-state index contributed by atoms with van der Waals surface area (Å²) in [6, 6.07) is 8.38. The van der Waals surface area contributed by atoms with Crippen LogP contribution in [0.3, 0.4) is 0 Å². The highest BCUT2D eigenvalue weighted by Gasteiger charge is 2.31. The minimum absolute atomic E-state index is 0.00400. The van der Waals surface area contributed by atoms with Crippen molar-refractivity contribution >= 4 is 0 Å². The summed E-state index contributed by atoms with van der Waals surface area (Å²) in [5.41, 5.74) is -0.191. The van der Waals surface area contributed by atoms with Gasteiger partial charge in [0, 0.05) is 5.56 Å². The highest BCUT2D eigenvalue weighted by molar-refractivity contribution is 5.35. The summed E-state index contributed by atoms with van der Waals surface area (Å²) in [7, 11) is 0. The van der Waals surface area contributed by atoms with Gasteiger partial charge in [-0.15, -0.1) is 0 Å². The lowest BCUT2D eigenvalue weighted by molar-refractivity contribution is -0.137. The average molecular weight is 284 g/mol. The zero-order valence-corrected chi connectivity index (χ0v) is 10.6. The number of hydrogen-bond acceptors (Lipinski definition) is 1. The summed E-state index contributed by atoms with van der Waals surface area (Å²) < 4.78 is 51.5. The molecule has 5 heteroatoms. The molecule has 0 aliphatic rings. The van der Waals surface area contributed by atoms with Gasteiger partial charge in [0.2, 0.25) is 0 Å². The molecule has 2 aromatic carbocycles. The van der Waals surface area contributed by atoms with Crippen molar-refractivity contribution in [2.75, 3.05) is 0 Å². The zero-order chi connectivity index (χ0) is 14.9. The van der Waals surface area contributed by atoms with E-state index in [1.165, 1.54) is 30.3 Å². The van der Waals surface area contributed by atoms with E-state index in [1.807, 2.05) is 0 Å². The third kappa shape index (κ3) is 2.99. The molecule has 0 saturated carbocycles. The molecule has 0 fully saturated rings. The first-order valence-electron chi connectivity index (χ1n) is 5.90. The van der Waals surface area contributed by atoms with E-state index in [2.05, 4.69) is 0 Å². The van der Waals surface area contributed by atoms with Crippen molar-refractivity contribution < 1.29 is 22.7 Å².